The fourth-order valence-electron chi connectivity index (χ4n) is 2.30. The zero-order valence-corrected chi connectivity index (χ0v) is 12.7. The number of aliphatic imine (C=N–C) groups is 1. The van der Waals surface area contributed by atoms with E-state index in [0.29, 0.717) is 5.92 Å². The van der Waals surface area contributed by atoms with Crippen molar-refractivity contribution in [3.8, 4) is 0 Å². The summed E-state index contributed by atoms with van der Waals surface area (Å²) in [4.78, 5) is 7.17. The minimum Gasteiger partial charge on any atom is -0.380 e. The van der Waals surface area contributed by atoms with Crippen LogP contribution in [0.2, 0.25) is 0 Å². The summed E-state index contributed by atoms with van der Waals surface area (Å²) in [5.41, 5.74) is 0. The van der Waals surface area contributed by atoms with Gasteiger partial charge in [0.1, 0.15) is 0 Å². The fourth-order valence-corrected chi connectivity index (χ4v) is 2.30. The second-order valence-corrected chi connectivity index (χ2v) is 4.89. The fraction of sp³-hybridized carbons (Fsp3) is 0.929. The molecule has 0 bridgehead atoms. The lowest BCUT2D eigenvalue weighted by molar-refractivity contribution is 0.152. The second-order valence-electron chi connectivity index (χ2n) is 4.89. The average Bonchev–Trinajstić information content (AvgIpc) is 2.88. The summed E-state index contributed by atoms with van der Waals surface area (Å²) in [7, 11) is 0. The molecule has 1 fully saturated rings. The molecule has 1 saturated heterocycles. The standard InChI is InChI=1S/C14H30N4O/c1-4-15-14(16-8-10-19-6-3)17-11-13-7-9-18(5-2)12-13/h13H,4-12H2,1-3H3,(H2,15,16,17). The van der Waals surface area contributed by atoms with E-state index in [0.717, 1.165) is 45.4 Å². The highest BCUT2D eigenvalue weighted by molar-refractivity contribution is 5.79. The van der Waals surface area contributed by atoms with Gasteiger partial charge >= 0.3 is 0 Å². The van der Waals surface area contributed by atoms with E-state index in [-0.39, 0.29) is 0 Å². The molecule has 0 saturated carbocycles. The van der Waals surface area contributed by atoms with E-state index in [1.165, 1.54) is 19.5 Å². The molecule has 0 radical (unpaired) electrons. The Bertz CT molecular complexity index is 258. The Kier molecular flexibility index (Phi) is 8.58. The van der Waals surface area contributed by atoms with Crippen molar-refractivity contribution in [2.24, 2.45) is 10.9 Å². The number of nitrogens with zero attached hydrogens (tertiary/aromatic N) is 2. The minimum absolute atomic E-state index is 0.710. The molecule has 1 atom stereocenters. The molecular formula is C14H30N4O. The number of likely N-dealkylation sites (tertiary alicyclic amines) is 1. The number of guanidine groups is 1. The minimum atomic E-state index is 0.710. The second kappa shape index (κ2) is 10.0. The summed E-state index contributed by atoms with van der Waals surface area (Å²) in [6.07, 6.45) is 1.27. The molecule has 0 aromatic rings. The molecule has 5 heteroatoms. The van der Waals surface area contributed by atoms with Crippen LogP contribution in [0.3, 0.4) is 0 Å². The quantitative estimate of drug-likeness (QED) is 0.391. The van der Waals surface area contributed by atoms with Crippen LogP contribution in [0.25, 0.3) is 0 Å². The highest BCUT2D eigenvalue weighted by Gasteiger charge is 2.20. The van der Waals surface area contributed by atoms with E-state index in [1.54, 1.807) is 0 Å². The predicted octanol–water partition coefficient (Wildman–Crippen LogP) is 0.920. The maximum Gasteiger partial charge on any atom is 0.191 e. The Hall–Kier alpha value is -0.810. The van der Waals surface area contributed by atoms with Crippen LogP contribution in [0.4, 0.5) is 0 Å². The van der Waals surface area contributed by atoms with Crippen LogP contribution >= 0.6 is 0 Å². The molecule has 0 aromatic heterocycles. The predicted molar refractivity (Wildman–Crippen MR) is 80.7 cm³/mol. The number of nitrogens with one attached hydrogen (secondary N) is 2. The molecule has 5 nitrogen and oxygen atoms in total. The lowest BCUT2D eigenvalue weighted by Crippen LogP contribution is -2.39. The molecule has 112 valence electrons. The van der Waals surface area contributed by atoms with Gasteiger partial charge < -0.3 is 20.3 Å². The molecule has 0 aromatic carbocycles. The van der Waals surface area contributed by atoms with Crippen molar-refractivity contribution in [1.29, 1.82) is 0 Å². The van der Waals surface area contributed by atoms with Gasteiger partial charge in [0.05, 0.1) is 6.61 Å². The Balaban J connectivity index is 2.27. The zero-order chi connectivity index (χ0) is 13.9. The topological polar surface area (TPSA) is 48.9 Å². The van der Waals surface area contributed by atoms with Crippen molar-refractivity contribution in [2.75, 3.05) is 52.5 Å². The van der Waals surface area contributed by atoms with Gasteiger partial charge in [-0.05, 0) is 39.3 Å². The smallest absolute Gasteiger partial charge is 0.191 e. The van der Waals surface area contributed by atoms with Gasteiger partial charge in [0.25, 0.3) is 0 Å². The van der Waals surface area contributed by atoms with Gasteiger partial charge in [0.2, 0.25) is 0 Å². The molecule has 0 aliphatic carbocycles. The number of rotatable bonds is 8. The van der Waals surface area contributed by atoms with E-state index in [1.807, 2.05) is 6.92 Å². The molecule has 1 rings (SSSR count). The highest BCUT2D eigenvalue weighted by atomic mass is 16.5. The van der Waals surface area contributed by atoms with Gasteiger partial charge in [-0.1, -0.05) is 6.92 Å². The van der Waals surface area contributed by atoms with Crippen LogP contribution in [0.1, 0.15) is 27.2 Å². The summed E-state index contributed by atoms with van der Waals surface area (Å²) in [5, 5.41) is 6.58. The molecule has 1 unspecified atom stereocenters. The van der Waals surface area contributed by atoms with Crippen LogP contribution < -0.4 is 10.6 Å². The SMILES string of the molecule is CCNC(=NCC1CCN(CC)C1)NCCOCC. The molecule has 1 heterocycles. The zero-order valence-electron chi connectivity index (χ0n) is 12.7. The lowest BCUT2D eigenvalue weighted by Gasteiger charge is -2.14. The third kappa shape index (κ3) is 6.78. The van der Waals surface area contributed by atoms with Crippen molar-refractivity contribution >= 4 is 5.96 Å². The lowest BCUT2D eigenvalue weighted by atomic mass is 10.1. The molecule has 0 amide bonds. The summed E-state index contributed by atoms with van der Waals surface area (Å²) < 4.78 is 5.32. The first kappa shape index (κ1) is 16.2. The van der Waals surface area contributed by atoms with Crippen LogP contribution in [0.5, 0.6) is 0 Å². The molecule has 1 aliphatic heterocycles. The van der Waals surface area contributed by atoms with Crippen LogP contribution in [-0.2, 0) is 4.74 Å². The van der Waals surface area contributed by atoms with Crippen LogP contribution in [0, 0.1) is 5.92 Å². The average molecular weight is 270 g/mol. The molecular weight excluding hydrogens is 240 g/mol. The Morgan fingerprint density at radius 2 is 2.16 bits per heavy atom. The van der Waals surface area contributed by atoms with Gasteiger partial charge in [0, 0.05) is 32.8 Å². The molecule has 19 heavy (non-hydrogen) atoms. The van der Waals surface area contributed by atoms with Crippen LogP contribution in [-0.4, -0.2) is 63.3 Å². The normalized spacial score (nSPS) is 20.8. The number of hydrogen-bond acceptors (Lipinski definition) is 3. The van der Waals surface area contributed by atoms with Crippen molar-refractivity contribution < 1.29 is 4.74 Å². The summed E-state index contributed by atoms with van der Waals surface area (Å²) >= 11 is 0. The maximum absolute atomic E-state index is 5.32. The third-order valence-corrected chi connectivity index (χ3v) is 3.41. The first-order valence-electron chi connectivity index (χ1n) is 7.62. The molecule has 0 spiro atoms. The van der Waals surface area contributed by atoms with Crippen molar-refractivity contribution in [3.05, 3.63) is 0 Å². The van der Waals surface area contributed by atoms with E-state index < -0.39 is 0 Å². The maximum atomic E-state index is 5.32. The summed E-state index contributed by atoms with van der Waals surface area (Å²) in [6, 6.07) is 0. The van der Waals surface area contributed by atoms with Crippen molar-refractivity contribution in [2.45, 2.75) is 27.2 Å². The van der Waals surface area contributed by atoms with Crippen molar-refractivity contribution in [3.63, 3.8) is 0 Å². The summed E-state index contributed by atoms with van der Waals surface area (Å²) in [6.45, 7) is 14.0. The Morgan fingerprint density at radius 1 is 1.32 bits per heavy atom. The molecule has 1 aliphatic rings. The van der Waals surface area contributed by atoms with Crippen molar-refractivity contribution in [1.82, 2.24) is 15.5 Å². The first-order chi connectivity index (χ1) is 9.30. The van der Waals surface area contributed by atoms with Gasteiger partial charge in [0.15, 0.2) is 5.96 Å². The largest absolute Gasteiger partial charge is 0.380 e. The Labute approximate surface area is 117 Å². The van der Waals surface area contributed by atoms with E-state index in [4.69, 9.17) is 4.74 Å². The monoisotopic (exact) mass is 270 g/mol. The summed E-state index contributed by atoms with van der Waals surface area (Å²) in [5.74, 6) is 1.62. The molecule has 2 N–H and O–H groups in total. The number of hydrogen-bond donors (Lipinski definition) is 2. The third-order valence-electron chi connectivity index (χ3n) is 3.41. The van der Waals surface area contributed by atoms with E-state index >= 15 is 0 Å². The van der Waals surface area contributed by atoms with Gasteiger partial charge in [-0.15, -0.1) is 0 Å². The first-order valence-corrected chi connectivity index (χ1v) is 7.62. The number of ether oxygens (including phenoxy) is 1. The van der Waals surface area contributed by atoms with Crippen LogP contribution in [0.15, 0.2) is 4.99 Å². The van der Waals surface area contributed by atoms with Gasteiger partial charge in [-0.2, -0.15) is 0 Å². The van der Waals surface area contributed by atoms with E-state index in [2.05, 4.69) is 34.4 Å². The van der Waals surface area contributed by atoms with Gasteiger partial charge in [-0.25, -0.2) is 0 Å². The van der Waals surface area contributed by atoms with E-state index in [9.17, 15) is 0 Å². The highest BCUT2D eigenvalue weighted by Crippen LogP contribution is 2.15. The van der Waals surface area contributed by atoms with Gasteiger partial charge in [-0.3, -0.25) is 4.99 Å². The Morgan fingerprint density at radius 3 is 2.79 bits per heavy atom.